The predicted octanol–water partition coefficient (Wildman–Crippen LogP) is 3.37. The number of halogens is 3. The largest absolute Gasteiger partial charge is 0.445 e. The van der Waals surface area contributed by atoms with Gasteiger partial charge in [-0.1, -0.05) is 41.8 Å². The van der Waals surface area contributed by atoms with Gasteiger partial charge in [0.25, 0.3) is 0 Å². The molecular formula is C12H11F3N4S2. The minimum absolute atomic E-state index is 0.157. The summed E-state index contributed by atoms with van der Waals surface area (Å²) < 4.78 is 37.9. The van der Waals surface area contributed by atoms with Gasteiger partial charge in [0.05, 0.1) is 4.99 Å². The van der Waals surface area contributed by atoms with Crippen LogP contribution in [0.25, 0.3) is 0 Å². The van der Waals surface area contributed by atoms with Crippen molar-refractivity contribution in [3.05, 3.63) is 35.3 Å². The Morgan fingerprint density at radius 2 is 1.90 bits per heavy atom. The van der Waals surface area contributed by atoms with Crippen molar-refractivity contribution >= 4 is 39.4 Å². The molecule has 2 rings (SSSR count). The zero-order valence-corrected chi connectivity index (χ0v) is 12.3. The Morgan fingerprint density at radius 3 is 2.43 bits per heavy atom. The number of nitrogens with zero attached hydrogens (tertiary/aromatic N) is 3. The highest BCUT2D eigenvalue weighted by atomic mass is 32.1. The molecule has 0 amide bonds. The van der Waals surface area contributed by atoms with Crippen LogP contribution in [0.3, 0.4) is 0 Å². The Hall–Kier alpha value is -1.74. The van der Waals surface area contributed by atoms with Gasteiger partial charge in [-0.25, -0.2) is 0 Å². The van der Waals surface area contributed by atoms with Crippen LogP contribution >= 0.6 is 23.6 Å². The average Bonchev–Trinajstić information content (AvgIpc) is 2.89. The van der Waals surface area contributed by atoms with Gasteiger partial charge < -0.3 is 10.6 Å². The maximum atomic E-state index is 12.6. The molecule has 0 aliphatic heterocycles. The minimum atomic E-state index is -4.50. The van der Waals surface area contributed by atoms with Crippen LogP contribution in [0.4, 0.5) is 24.0 Å². The Kier molecular flexibility index (Phi) is 4.73. The van der Waals surface area contributed by atoms with Crippen LogP contribution in [-0.2, 0) is 6.18 Å². The van der Waals surface area contributed by atoms with E-state index < -0.39 is 11.2 Å². The molecule has 0 aliphatic rings. The third-order valence-electron chi connectivity index (χ3n) is 2.54. The number of anilines is 2. The lowest BCUT2D eigenvalue weighted by Crippen LogP contribution is -2.23. The summed E-state index contributed by atoms with van der Waals surface area (Å²) in [5.74, 6) is 0. The van der Waals surface area contributed by atoms with Crippen molar-refractivity contribution in [1.29, 1.82) is 0 Å². The fourth-order valence-corrected chi connectivity index (χ4v) is 2.45. The number of hydrogen-bond acceptors (Lipinski definition) is 5. The summed E-state index contributed by atoms with van der Waals surface area (Å²) in [6.07, 6.45) is -4.13. The first kappa shape index (κ1) is 15.6. The van der Waals surface area contributed by atoms with Crippen LogP contribution < -0.4 is 10.6 Å². The van der Waals surface area contributed by atoms with E-state index in [1.54, 1.807) is 29.2 Å². The second kappa shape index (κ2) is 6.35. The molecule has 2 N–H and O–H groups in total. The summed E-state index contributed by atoms with van der Waals surface area (Å²) >= 11 is 5.31. The molecular weight excluding hydrogens is 321 g/mol. The van der Waals surface area contributed by atoms with E-state index in [9.17, 15) is 13.2 Å². The standard InChI is InChI=1S/C12H11F3N4S2/c13-12(14,15)10-17-18-11(21-10)19(7-6-9(16)20)8-4-2-1-3-5-8/h1-5H,6-7H2,(H2,16,20). The number of hydrogen-bond donors (Lipinski definition) is 1. The van der Waals surface area contributed by atoms with E-state index in [0.717, 1.165) is 0 Å². The first-order valence-electron chi connectivity index (χ1n) is 5.89. The maximum Gasteiger partial charge on any atom is 0.445 e. The third-order valence-corrected chi connectivity index (χ3v) is 3.73. The minimum Gasteiger partial charge on any atom is -0.393 e. The van der Waals surface area contributed by atoms with Gasteiger partial charge in [0, 0.05) is 18.7 Å². The van der Waals surface area contributed by atoms with Crippen LogP contribution in [0.5, 0.6) is 0 Å². The fourth-order valence-electron chi connectivity index (χ4n) is 1.60. The molecule has 112 valence electrons. The van der Waals surface area contributed by atoms with Crippen molar-refractivity contribution in [2.75, 3.05) is 11.4 Å². The van der Waals surface area contributed by atoms with Gasteiger partial charge >= 0.3 is 6.18 Å². The molecule has 0 radical (unpaired) electrons. The highest BCUT2D eigenvalue weighted by Gasteiger charge is 2.36. The molecule has 0 fully saturated rings. The van der Waals surface area contributed by atoms with Gasteiger partial charge in [0.1, 0.15) is 0 Å². The van der Waals surface area contributed by atoms with Crippen LogP contribution in [0.1, 0.15) is 11.4 Å². The van der Waals surface area contributed by atoms with Gasteiger partial charge in [-0.2, -0.15) is 13.2 Å². The van der Waals surface area contributed by atoms with E-state index in [-0.39, 0.29) is 10.1 Å². The van der Waals surface area contributed by atoms with E-state index in [4.69, 9.17) is 18.0 Å². The van der Waals surface area contributed by atoms with E-state index in [1.165, 1.54) is 0 Å². The Bertz CT molecular complexity index is 612. The van der Waals surface area contributed by atoms with E-state index in [2.05, 4.69) is 10.2 Å². The van der Waals surface area contributed by atoms with E-state index in [1.807, 2.05) is 6.07 Å². The lowest BCUT2D eigenvalue weighted by molar-refractivity contribution is -0.138. The van der Waals surface area contributed by atoms with Crippen LogP contribution in [0.2, 0.25) is 0 Å². The summed E-state index contributed by atoms with van der Waals surface area (Å²) in [5.41, 5.74) is 6.17. The van der Waals surface area contributed by atoms with Crippen molar-refractivity contribution in [2.24, 2.45) is 5.73 Å². The molecule has 21 heavy (non-hydrogen) atoms. The molecule has 0 bridgehead atoms. The second-order valence-corrected chi connectivity index (χ2v) is 5.57. The zero-order valence-electron chi connectivity index (χ0n) is 10.7. The summed E-state index contributed by atoms with van der Waals surface area (Å²) in [7, 11) is 0. The molecule has 2 aromatic rings. The Balaban J connectivity index is 2.31. The predicted molar refractivity (Wildman–Crippen MR) is 79.8 cm³/mol. The number of nitrogens with two attached hydrogens (primary N) is 1. The van der Waals surface area contributed by atoms with Gasteiger partial charge in [-0.15, -0.1) is 10.2 Å². The number of alkyl halides is 3. The molecule has 0 unspecified atom stereocenters. The normalized spacial score (nSPS) is 11.4. The summed E-state index contributed by atoms with van der Waals surface area (Å²) in [6.45, 7) is 0.339. The van der Waals surface area contributed by atoms with Gasteiger partial charge in [-0.3, -0.25) is 0 Å². The Morgan fingerprint density at radius 1 is 1.24 bits per heavy atom. The van der Waals surface area contributed by atoms with Crippen molar-refractivity contribution in [1.82, 2.24) is 10.2 Å². The summed E-state index contributed by atoms with van der Waals surface area (Å²) in [4.78, 5) is 1.91. The van der Waals surface area contributed by atoms with E-state index >= 15 is 0 Å². The number of rotatable bonds is 5. The van der Waals surface area contributed by atoms with E-state index in [0.29, 0.717) is 30.0 Å². The number of benzene rings is 1. The molecule has 0 saturated heterocycles. The average molecular weight is 332 g/mol. The molecule has 0 aliphatic carbocycles. The first-order valence-corrected chi connectivity index (χ1v) is 7.12. The first-order chi connectivity index (χ1) is 9.88. The lowest BCUT2D eigenvalue weighted by Gasteiger charge is -2.21. The SMILES string of the molecule is NC(=S)CCN(c1ccccc1)c1nnc(C(F)(F)F)s1. The van der Waals surface area contributed by atoms with Crippen LogP contribution in [0, 0.1) is 0 Å². The highest BCUT2D eigenvalue weighted by molar-refractivity contribution is 7.80. The molecule has 4 nitrogen and oxygen atoms in total. The van der Waals surface area contributed by atoms with Gasteiger partial charge in [0.15, 0.2) is 0 Å². The molecule has 0 spiro atoms. The lowest BCUT2D eigenvalue weighted by atomic mass is 10.3. The van der Waals surface area contributed by atoms with Crippen molar-refractivity contribution in [3.63, 3.8) is 0 Å². The topological polar surface area (TPSA) is 55.0 Å². The molecule has 9 heteroatoms. The van der Waals surface area contributed by atoms with Crippen LogP contribution in [0.15, 0.2) is 30.3 Å². The number of aromatic nitrogens is 2. The quantitative estimate of drug-likeness (QED) is 0.851. The third kappa shape index (κ3) is 4.11. The van der Waals surface area contributed by atoms with Crippen LogP contribution in [-0.4, -0.2) is 21.7 Å². The fraction of sp³-hybridized carbons (Fsp3) is 0.250. The van der Waals surface area contributed by atoms with Crippen molar-refractivity contribution in [2.45, 2.75) is 12.6 Å². The summed E-state index contributed by atoms with van der Waals surface area (Å²) in [6, 6.07) is 8.93. The van der Waals surface area contributed by atoms with Crippen molar-refractivity contribution in [3.8, 4) is 0 Å². The molecule has 0 atom stereocenters. The Labute approximate surface area is 128 Å². The smallest absolute Gasteiger partial charge is 0.393 e. The summed E-state index contributed by atoms with van der Waals surface area (Å²) in [5, 5.41) is 6.01. The number of thiocarbonyl (C=S) groups is 1. The van der Waals surface area contributed by atoms with Crippen molar-refractivity contribution < 1.29 is 13.2 Å². The highest BCUT2D eigenvalue weighted by Crippen LogP contribution is 2.36. The monoisotopic (exact) mass is 332 g/mol. The number of para-hydroxylation sites is 1. The molecule has 1 aromatic heterocycles. The molecule has 1 heterocycles. The molecule has 1 aromatic carbocycles. The second-order valence-electron chi connectivity index (χ2n) is 4.09. The van der Waals surface area contributed by atoms with Gasteiger partial charge in [0.2, 0.25) is 10.1 Å². The maximum absolute atomic E-state index is 12.6. The molecule has 0 saturated carbocycles. The van der Waals surface area contributed by atoms with Gasteiger partial charge in [-0.05, 0) is 12.1 Å². The zero-order chi connectivity index (χ0) is 15.5.